The van der Waals surface area contributed by atoms with E-state index in [1.807, 2.05) is 13.8 Å². The summed E-state index contributed by atoms with van der Waals surface area (Å²) in [6.07, 6.45) is 2.58. The molecule has 4 heteroatoms. The Hall–Kier alpha value is -0.770. The monoisotopic (exact) mass is 190 g/mol. The molecule has 70 valence electrons. The lowest BCUT2D eigenvalue weighted by atomic mass is 10.7. The number of hydrogen-bond acceptors (Lipinski definition) is 3. The van der Waals surface area contributed by atoms with Crippen molar-refractivity contribution in [1.29, 1.82) is 0 Å². The van der Waals surface area contributed by atoms with Crippen molar-refractivity contribution < 1.29 is 12.8 Å². The molecule has 0 saturated carbocycles. The van der Waals surface area contributed by atoms with E-state index < -0.39 is 9.84 Å². The van der Waals surface area contributed by atoms with Crippen molar-refractivity contribution in [3.8, 4) is 0 Å². The average Bonchev–Trinajstić information content (AvgIpc) is 2.61. The topological polar surface area (TPSA) is 47.3 Å². The van der Waals surface area contributed by atoms with Gasteiger partial charge in [-0.25, -0.2) is 8.42 Å². The quantitative estimate of drug-likeness (QED) is 0.717. The third kappa shape index (κ3) is 2.70. The van der Waals surface area contributed by atoms with Crippen LogP contribution in [-0.2, 0) is 9.84 Å². The van der Waals surface area contributed by atoms with Gasteiger partial charge < -0.3 is 4.42 Å². The van der Waals surface area contributed by atoms with E-state index in [0.717, 1.165) is 0 Å². The first kappa shape index (κ1) is 11.2. The third-order valence-corrected chi connectivity index (χ3v) is 2.94. The summed E-state index contributed by atoms with van der Waals surface area (Å²) >= 11 is 0. The summed E-state index contributed by atoms with van der Waals surface area (Å²) in [5.74, 6) is 0.118. The van der Waals surface area contributed by atoms with Gasteiger partial charge in [0.25, 0.3) is 0 Å². The highest BCUT2D eigenvalue weighted by Gasteiger charge is 2.11. The van der Waals surface area contributed by atoms with Gasteiger partial charge in [-0.15, -0.1) is 0 Å². The van der Waals surface area contributed by atoms with E-state index in [4.69, 9.17) is 0 Å². The van der Waals surface area contributed by atoms with E-state index >= 15 is 0 Å². The largest absolute Gasteiger partial charge is 0.471 e. The summed E-state index contributed by atoms with van der Waals surface area (Å²) in [5, 5.41) is 0. The highest BCUT2D eigenvalue weighted by Crippen LogP contribution is 2.09. The smallest absolute Gasteiger partial charge is 0.181 e. The summed E-state index contributed by atoms with van der Waals surface area (Å²) < 4.78 is 26.6. The Morgan fingerprint density at radius 2 is 2.00 bits per heavy atom. The maximum atomic E-state index is 11.0. The second kappa shape index (κ2) is 4.98. The lowest BCUT2D eigenvalue weighted by Gasteiger charge is -1.92. The molecule has 0 bridgehead atoms. The first-order valence-corrected chi connectivity index (χ1v) is 5.57. The van der Waals surface area contributed by atoms with Crippen molar-refractivity contribution in [2.24, 2.45) is 0 Å². The summed E-state index contributed by atoms with van der Waals surface area (Å²) in [6.45, 7) is 5.60. The fourth-order valence-electron chi connectivity index (χ4n) is 0.596. The molecule has 0 aliphatic carbocycles. The zero-order chi connectivity index (χ0) is 9.61. The van der Waals surface area contributed by atoms with Gasteiger partial charge >= 0.3 is 0 Å². The molecular formula is C8H14O3S. The minimum Gasteiger partial charge on any atom is -0.471 e. The molecule has 0 unspecified atom stereocenters. The van der Waals surface area contributed by atoms with E-state index in [9.17, 15) is 8.42 Å². The predicted molar refractivity (Wildman–Crippen MR) is 47.8 cm³/mol. The minimum absolute atomic E-state index is 0.118. The lowest BCUT2D eigenvalue weighted by molar-refractivity contribution is 0.556. The van der Waals surface area contributed by atoms with Gasteiger partial charge in [0.1, 0.15) is 11.2 Å². The van der Waals surface area contributed by atoms with Gasteiger partial charge in [0.2, 0.25) is 0 Å². The van der Waals surface area contributed by atoms with Crippen molar-refractivity contribution in [3.05, 3.63) is 18.6 Å². The van der Waals surface area contributed by atoms with Gasteiger partial charge in [-0.3, -0.25) is 0 Å². The number of hydrogen-bond donors (Lipinski definition) is 0. The molecule has 12 heavy (non-hydrogen) atoms. The van der Waals surface area contributed by atoms with E-state index in [1.54, 1.807) is 6.92 Å². The second-order valence-corrected chi connectivity index (χ2v) is 4.14. The highest BCUT2D eigenvalue weighted by molar-refractivity contribution is 7.91. The predicted octanol–water partition coefficient (Wildman–Crippen LogP) is 2.10. The molecule has 0 N–H and O–H groups in total. The van der Waals surface area contributed by atoms with Gasteiger partial charge in [0, 0.05) is 0 Å². The molecule has 0 saturated heterocycles. The number of sulfone groups is 1. The van der Waals surface area contributed by atoms with Gasteiger partial charge in [-0.1, -0.05) is 20.8 Å². The summed E-state index contributed by atoms with van der Waals surface area (Å²) in [4.78, 5) is 0.259. The highest BCUT2D eigenvalue weighted by atomic mass is 32.2. The maximum Gasteiger partial charge on any atom is 0.181 e. The van der Waals surface area contributed by atoms with E-state index in [-0.39, 0.29) is 10.6 Å². The van der Waals surface area contributed by atoms with Gasteiger partial charge in [-0.05, 0) is 6.07 Å². The van der Waals surface area contributed by atoms with Crippen LogP contribution in [0.3, 0.4) is 0 Å². The minimum atomic E-state index is -3.05. The molecule has 1 aromatic heterocycles. The first-order chi connectivity index (χ1) is 5.67. The fourth-order valence-corrected chi connectivity index (χ4v) is 1.39. The first-order valence-electron chi connectivity index (χ1n) is 3.92. The molecule has 0 spiro atoms. The zero-order valence-electron chi connectivity index (χ0n) is 7.57. The molecule has 0 radical (unpaired) electrons. The van der Waals surface area contributed by atoms with Crippen LogP contribution in [0.2, 0.25) is 0 Å². The van der Waals surface area contributed by atoms with Crippen molar-refractivity contribution in [2.45, 2.75) is 25.7 Å². The Labute approximate surface area is 73.3 Å². The Morgan fingerprint density at radius 1 is 1.42 bits per heavy atom. The molecule has 3 nitrogen and oxygen atoms in total. The second-order valence-electron chi connectivity index (χ2n) is 1.86. The molecule has 0 aromatic carbocycles. The molecule has 0 aliphatic rings. The van der Waals surface area contributed by atoms with Crippen LogP contribution >= 0.6 is 0 Å². The van der Waals surface area contributed by atoms with Gasteiger partial charge in [0.05, 0.1) is 12.0 Å². The zero-order valence-corrected chi connectivity index (χ0v) is 8.39. The lowest BCUT2D eigenvalue weighted by Crippen LogP contribution is -2.01. The van der Waals surface area contributed by atoms with Crippen molar-refractivity contribution >= 4 is 9.84 Å². The maximum absolute atomic E-state index is 11.0. The summed E-state index contributed by atoms with van der Waals surface area (Å²) in [6, 6.07) is 1.44. The Morgan fingerprint density at radius 3 is 2.33 bits per heavy atom. The molecule has 0 aliphatic heterocycles. The van der Waals surface area contributed by atoms with Crippen molar-refractivity contribution in [3.63, 3.8) is 0 Å². The van der Waals surface area contributed by atoms with Crippen LogP contribution in [0.15, 0.2) is 27.9 Å². The standard InChI is InChI=1S/C6H8O3S.C2H6/c1-2-10(7,8)6-3-4-9-5-6;1-2/h3-5H,2H2,1H3;1-2H3. The fraction of sp³-hybridized carbons (Fsp3) is 0.500. The summed E-state index contributed by atoms with van der Waals surface area (Å²) in [7, 11) is -3.05. The van der Waals surface area contributed by atoms with E-state index in [1.165, 1.54) is 18.6 Å². The normalized spacial score (nSPS) is 10.2. The van der Waals surface area contributed by atoms with Crippen LogP contribution in [0, 0.1) is 0 Å². The number of furan rings is 1. The average molecular weight is 190 g/mol. The molecule has 1 heterocycles. The molecule has 0 atom stereocenters. The van der Waals surface area contributed by atoms with Crippen LogP contribution in [0.4, 0.5) is 0 Å². The van der Waals surface area contributed by atoms with Crippen LogP contribution < -0.4 is 0 Å². The third-order valence-electron chi connectivity index (χ3n) is 1.23. The van der Waals surface area contributed by atoms with E-state index in [0.29, 0.717) is 0 Å². The Kier molecular flexibility index (Phi) is 4.66. The van der Waals surface area contributed by atoms with Crippen LogP contribution in [0.1, 0.15) is 20.8 Å². The molecule has 0 fully saturated rings. The van der Waals surface area contributed by atoms with Crippen LogP contribution in [0.25, 0.3) is 0 Å². The summed E-state index contributed by atoms with van der Waals surface area (Å²) in [5.41, 5.74) is 0. The van der Waals surface area contributed by atoms with Crippen molar-refractivity contribution in [2.75, 3.05) is 5.75 Å². The Balaban J connectivity index is 0.000000561. The number of rotatable bonds is 2. The molecule has 0 amide bonds. The van der Waals surface area contributed by atoms with Crippen LogP contribution in [-0.4, -0.2) is 14.2 Å². The van der Waals surface area contributed by atoms with Crippen LogP contribution in [0.5, 0.6) is 0 Å². The molecular weight excluding hydrogens is 176 g/mol. The van der Waals surface area contributed by atoms with Gasteiger partial charge in [-0.2, -0.15) is 0 Å². The molecule has 1 aromatic rings. The SMILES string of the molecule is CC.CCS(=O)(=O)c1ccoc1. The van der Waals surface area contributed by atoms with E-state index in [2.05, 4.69) is 4.42 Å². The van der Waals surface area contributed by atoms with Gasteiger partial charge in [0.15, 0.2) is 9.84 Å². The molecule has 1 rings (SSSR count). The Bertz CT molecular complexity index is 284. The van der Waals surface area contributed by atoms with Crippen molar-refractivity contribution in [1.82, 2.24) is 0 Å².